The number of aromatic nitrogens is 2. The zero-order chi connectivity index (χ0) is 11.9. The number of nitrogens with one attached hydrogen (secondary N) is 1. The van der Waals surface area contributed by atoms with Gasteiger partial charge in [0.05, 0.1) is 6.33 Å². The van der Waals surface area contributed by atoms with Crippen molar-refractivity contribution < 1.29 is 0 Å². The molecule has 3 heteroatoms. The van der Waals surface area contributed by atoms with Crippen LogP contribution in [0, 0.1) is 5.92 Å². The van der Waals surface area contributed by atoms with Gasteiger partial charge in [0.2, 0.25) is 0 Å². The Balaban J connectivity index is 1.51. The minimum absolute atomic E-state index is 0.714. The lowest BCUT2D eigenvalue weighted by Gasteiger charge is -2.20. The number of nitrogens with zero attached hydrogens (tertiary/aromatic N) is 2. The minimum Gasteiger partial charge on any atom is -0.337 e. The van der Waals surface area contributed by atoms with E-state index in [1.165, 1.54) is 38.5 Å². The van der Waals surface area contributed by atoms with Gasteiger partial charge in [0, 0.05) is 25.0 Å². The van der Waals surface area contributed by atoms with Gasteiger partial charge < -0.3 is 9.88 Å². The molecule has 2 rings (SSSR count). The van der Waals surface area contributed by atoms with Crippen LogP contribution in [-0.2, 0) is 6.54 Å². The summed E-state index contributed by atoms with van der Waals surface area (Å²) >= 11 is 0. The third kappa shape index (κ3) is 4.15. The van der Waals surface area contributed by atoms with Crippen molar-refractivity contribution in [1.29, 1.82) is 0 Å². The maximum absolute atomic E-state index is 4.05. The molecule has 0 radical (unpaired) electrons. The molecule has 1 aliphatic rings. The molecule has 1 fully saturated rings. The maximum Gasteiger partial charge on any atom is 0.0945 e. The van der Waals surface area contributed by atoms with E-state index in [0.717, 1.165) is 19.0 Å². The lowest BCUT2D eigenvalue weighted by Crippen LogP contribution is -2.33. The van der Waals surface area contributed by atoms with Crippen LogP contribution in [0.3, 0.4) is 0 Å². The zero-order valence-electron chi connectivity index (χ0n) is 10.9. The van der Waals surface area contributed by atoms with Crippen molar-refractivity contribution in [2.75, 3.05) is 6.54 Å². The van der Waals surface area contributed by atoms with Crippen molar-refractivity contribution >= 4 is 0 Å². The van der Waals surface area contributed by atoms with Crippen LogP contribution in [0.4, 0.5) is 0 Å². The van der Waals surface area contributed by atoms with Crippen LogP contribution < -0.4 is 5.32 Å². The molecule has 0 bridgehead atoms. The van der Waals surface area contributed by atoms with Crippen LogP contribution >= 0.6 is 0 Å². The molecule has 1 aliphatic carbocycles. The van der Waals surface area contributed by atoms with E-state index in [0.29, 0.717) is 6.04 Å². The van der Waals surface area contributed by atoms with Crippen molar-refractivity contribution in [3.8, 4) is 0 Å². The van der Waals surface area contributed by atoms with Crippen LogP contribution in [0.1, 0.15) is 45.4 Å². The summed E-state index contributed by atoms with van der Waals surface area (Å²) in [6.45, 7) is 4.61. The van der Waals surface area contributed by atoms with Gasteiger partial charge in [-0.05, 0) is 45.1 Å². The maximum atomic E-state index is 4.05. The zero-order valence-corrected chi connectivity index (χ0v) is 10.9. The lowest BCUT2D eigenvalue weighted by atomic mass is 10.00. The summed E-state index contributed by atoms with van der Waals surface area (Å²) in [5.74, 6) is 0.934. The largest absolute Gasteiger partial charge is 0.337 e. The normalized spacial score (nSPS) is 18.6. The number of aryl methyl sites for hydroxylation is 1. The summed E-state index contributed by atoms with van der Waals surface area (Å²) in [5, 5.41) is 3.68. The van der Waals surface area contributed by atoms with Crippen LogP contribution in [0.15, 0.2) is 18.7 Å². The predicted octanol–water partition coefficient (Wildman–Crippen LogP) is 2.83. The molecular formula is C14H25N3. The molecule has 1 atom stereocenters. The average Bonchev–Trinajstić information content (AvgIpc) is 3.01. The van der Waals surface area contributed by atoms with Crippen molar-refractivity contribution in [1.82, 2.24) is 14.9 Å². The van der Waals surface area contributed by atoms with Gasteiger partial charge in [-0.2, -0.15) is 0 Å². The molecule has 1 unspecified atom stereocenters. The molecular weight excluding hydrogens is 210 g/mol. The second kappa shape index (κ2) is 6.80. The van der Waals surface area contributed by atoms with Crippen LogP contribution in [0.2, 0.25) is 0 Å². The van der Waals surface area contributed by atoms with Crippen LogP contribution in [-0.4, -0.2) is 22.1 Å². The highest BCUT2D eigenvalue weighted by atomic mass is 15.0. The van der Waals surface area contributed by atoms with E-state index in [4.69, 9.17) is 0 Å². The minimum atomic E-state index is 0.714. The summed E-state index contributed by atoms with van der Waals surface area (Å²) in [6, 6.07) is 0.714. The van der Waals surface area contributed by atoms with Crippen molar-refractivity contribution in [2.24, 2.45) is 5.92 Å². The van der Waals surface area contributed by atoms with E-state index in [9.17, 15) is 0 Å². The number of rotatable bonds is 7. The third-order valence-electron chi connectivity index (χ3n) is 3.98. The van der Waals surface area contributed by atoms with Crippen LogP contribution in [0.25, 0.3) is 0 Å². The predicted molar refractivity (Wildman–Crippen MR) is 70.9 cm³/mol. The van der Waals surface area contributed by atoms with Crippen molar-refractivity contribution in [3.05, 3.63) is 18.7 Å². The SMILES string of the molecule is CC(NCCCCn1ccnc1)C1CCCC1. The third-order valence-corrected chi connectivity index (χ3v) is 3.98. The van der Waals surface area contributed by atoms with E-state index in [-0.39, 0.29) is 0 Å². The topological polar surface area (TPSA) is 29.9 Å². The number of hydrogen-bond donors (Lipinski definition) is 1. The quantitative estimate of drug-likeness (QED) is 0.737. The fourth-order valence-electron chi connectivity index (χ4n) is 2.79. The summed E-state index contributed by atoms with van der Waals surface area (Å²) in [7, 11) is 0. The fourth-order valence-corrected chi connectivity index (χ4v) is 2.79. The highest BCUT2D eigenvalue weighted by molar-refractivity contribution is 4.77. The Morgan fingerprint density at radius 3 is 2.88 bits per heavy atom. The van der Waals surface area contributed by atoms with Gasteiger partial charge in [-0.3, -0.25) is 0 Å². The second-order valence-corrected chi connectivity index (χ2v) is 5.29. The molecule has 1 aromatic heterocycles. The molecule has 96 valence electrons. The van der Waals surface area contributed by atoms with Gasteiger partial charge in [0.25, 0.3) is 0 Å². The highest BCUT2D eigenvalue weighted by Crippen LogP contribution is 2.27. The molecule has 0 aliphatic heterocycles. The summed E-state index contributed by atoms with van der Waals surface area (Å²) < 4.78 is 2.15. The van der Waals surface area contributed by atoms with Gasteiger partial charge >= 0.3 is 0 Å². The molecule has 0 spiro atoms. The van der Waals surface area contributed by atoms with Gasteiger partial charge in [-0.1, -0.05) is 12.8 Å². The molecule has 0 amide bonds. The van der Waals surface area contributed by atoms with Crippen molar-refractivity contribution in [2.45, 2.75) is 58.0 Å². The average molecular weight is 235 g/mol. The first-order valence-electron chi connectivity index (χ1n) is 7.05. The monoisotopic (exact) mass is 235 g/mol. The second-order valence-electron chi connectivity index (χ2n) is 5.29. The van der Waals surface area contributed by atoms with Crippen molar-refractivity contribution in [3.63, 3.8) is 0 Å². The molecule has 0 aromatic carbocycles. The lowest BCUT2D eigenvalue weighted by molar-refractivity contribution is 0.377. The number of hydrogen-bond acceptors (Lipinski definition) is 2. The Labute approximate surface area is 105 Å². The Morgan fingerprint density at radius 2 is 2.18 bits per heavy atom. The molecule has 3 nitrogen and oxygen atoms in total. The summed E-state index contributed by atoms with van der Waals surface area (Å²) in [6.07, 6.45) is 14.0. The van der Waals surface area contributed by atoms with E-state index in [1.54, 1.807) is 0 Å². The molecule has 0 saturated heterocycles. The van der Waals surface area contributed by atoms with E-state index >= 15 is 0 Å². The first-order chi connectivity index (χ1) is 8.36. The van der Waals surface area contributed by atoms with Crippen LogP contribution in [0.5, 0.6) is 0 Å². The molecule has 1 heterocycles. The number of imidazole rings is 1. The highest BCUT2D eigenvalue weighted by Gasteiger charge is 2.20. The fraction of sp³-hybridized carbons (Fsp3) is 0.786. The van der Waals surface area contributed by atoms with Gasteiger partial charge in [-0.15, -0.1) is 0 Å². The van der Waals surface area contributed by atoms with E-state index < -0.39 is 0 Å². The van der Waals surface area contributed by atoms with E-state index in [2.05, 4.69) is 21.8 Å². The molecule has 1 saturated carbocycles. The number of unbranched alkanes of at least 4 members (excludes halogenated alkanes) is 1. The van der Waals surface area contributed by atoms with Gasteiger partial charge in [0.1, 0.15) is 0 Å². The summed E-state index contributed by atoms with van der Waals surface area (Å²) in [5.41, 5.74) is 0. The first-order valence-corrected chi connectivity index (χ1v) is 7.05. The Morgan fingerprint density at radius 1 is 1.35 bits per heavy atom. The Hall–Kier alpha value is -0.830. The molecule has 17 heavy (non-hydrogen) atoms. The standard InChI is InChI=1S/C14H25N3/c1-13(14-6-2-3-7-14)16-8-4-5-10-17-11-9-15-12-17/h9,11-14,16H,2-8,10H2,1H3. The van der Waals surface area contributed by atoms with E-state index in [1.807, 2.05) is 18.7 Å². The molecule has 1 N–H and O–H groups in total. The first kappa shape index (κ1) is 12.6. The van der Waals surface area contributed by atoms with Gasteiger partial charge in [-0.25, -0.2) is 4.98 Å². The Bertz CT molecular complexity index is 288. The Kier molecular flexibility index (Phi) is 5.05. The smallest absolute Gasteiger partial charge is 0.0945 e. The molecule has 1 aromatic rings. The summed E-state index contributed by atoms with van der Waals surface area (Å²) in [4.78, 5) is 4.05. The van der Waals surface area contributed by atoms with Gasteiger partial charge in [0.15, 0.2) is 0 Å².